The molecule has 0 aromatic heterocycles. The summed E-state index contributed by atoms with van der Waals surface area (Å²) in [6.07, 6.45) is 91.6. The monoisotopic (exact) mass is 1180 g/mol. The first kappa shape index (κ1) is 80.4. The first-order valence-corrected chi connectivity index (χ1v) is 34.3. The number of carbonyl (C=O) groups excluding carboxylic acids is 2. The van der Waals surface area contributed by atoms with Crippen LogP contribution in [-0.4, -0.2) is 87.4 Å². The lowest BCUT2D eigenvalue weighted by molar-refractivity contribution is -0.870. The second kappa shape index (κ2) is 65.4. The highest BCUT2D eigenvalue weighted by molar-refractivity contribution is 5.71. The van der Waals surface area contributed by atoms with Crippen LogP contribution in [0.4, 0.5) is 0 Å². The van der Waals surface area contributed by atoms with Crippen molar-refractivity contribution < 1.29 is 42.9 Å². The summed E-state index contributed by atoms with van der Waals surface area (Å²) in [4.78, 5) is 37.5. The molecule has 2 atom stereocenters. The lowest BCUT2D eigenvalue weighted by Crippen LogP contribution is -2.40. The van der Waals surface area contributed by atoms with Crippen LogP contribution in [0.25, 0.3) is 0 Å². The van der Waals surface area contributed by atoms with E-state index in [1.165, 1.54) is 141 Å². The zero-order chi connectivity index (χ0) is 61.9. The average molecular weight is 1180 g/mol. The summed E-state index contributed by atoms with van der Waals surface area (Å²) in [6.45, 7) is 4.59. The number of ether oxygens (including phenoxy) is 4. The van der Waals surface area contributed by atoms with Crippen LogP contribution in [0.2, 0.25) is 0 Å². The normalized spacial score (nSPS) is 13.6. The van der Waals surface area contributed by atoms with Crippen LogP contribution < -0.4 is 0 Å². The number of hydrogen-bond acceptors (Lipinski definition) is 7. The zero-order valence-electron chi connectivity index (χ0n) is 55.2. The highest BCUT2D eigenvalue weighted by Crippen LogP contribution is 2.17. The summed E-state index contributed by atoms with van der Waals surface area (Å²) in [6, 6.07) is 0. The number of nitrogens with zero attached hydrogens (tertiary/aromatic N) is 1. The van der Waals surface area contributed by atoms with E-state index in [0.29, 0.717) is 23.9 Å². The molecule has 0 saturated heterocycles. The molecular weight excluding hydrogens is 1050 g/mol. The van der Waals surface area contributed by atoms with Crippen molar-refractivity contribution in [1.29, 1.82) is 0 Å². The Morgan fingerprint density at radius 2 is 0.647 bits per heavy atom. The third-order valence-electron chi connectivity index (χ3n) is 14.4. The second-order valence-corrected chi connectivity index (χ2v) is 23.7. The van der Waals surface area contributed by atoms with Crippen LogP contribution >= 0.6 is 0 Å². The van der Waals surface area contributed by atoms with Gasteiger partial charge in [0.1, 0.15) is 13.2 Å². The number of likely N-dealkylation sites (N-methyl/N-ethyl adjacent to an activating group) is 1. The predicted molar refractivity (Wildman–Crippen MR) is 364 cm³/mol. The Morgan fingerprint density at radius 1 is 0.353 bits per heavy atom. The van der Waals surface area contributed by atoms with Gasteiger partial charge in [0, 0.05) is 12.8 Å². The van der Waals surface area contributed by atoms with Crippen LogP contribution in [0.5, 0.6) is 0 Å². The molecule has 0 aromatic rings. The molecule has 0 bridgehead atoms. The van der Waals surface area contributed by atoms with Gasteiger partial charge in [0.05, 0.1) is 34.4 Å². The van der Waals surface area contributed by atoms with Crippen molar-refractivity contribution in [2.24, 2.45) is 0 Å². The van der Waals surface area contributed by atoms with E-state index in [4.69, 9.17) is 18.9 Å². The minimum Gasteiger partial charge on any atom is -0.477 e. The van der Waals surface area contributed by atoms with Crippen LogP contribution in [0.1, 0.15) is 271 Å². The van der Waals surface area contributed by atoms with Crippen LogP contribution in [0, 0.1) is 0 Å². The molecule has 0 rings (SSSR count). The van der Waals surface area contributed by atoms with Crippen molar-refractivity contribution in [3.05, 3.63) is 134 Å². The molecule has 0 aliphatic carbocycles. The van der Waals surface area contributed by atoms with Gasteiger partial charge in [0.15, 0.2) is 6.10 Å². The molecule has 0 aliphatic rings. The summed E-state index contributed by atoms with van der Waals surface area (Å²) in [5, 5.41) is 9.73. The summed E-state index contributed by atoms with van der Waals surface area (Å²) in [5.41, 5.74) is 0. The third-order valence-corrected chi connectivity index (χ3v) is 14.4. The Balaban J connectivity index is 4.12. The van der Waals surface area contributed by atoms with Crippen molar-refractivity contribution >= 4 is 17.9 Å². The summed E-state index contributed by atoms with van der Waals surface area (Å²) in [5.74, 6) is -2.09. The minimum absolute atomic E-state index is 0.171. The van der Waals surface area contributed by atoms with Gasteiger partial charge >= 0.3 is 17.9 Å². The van der Waals surface area contributed by atoms with E-state index >= 15 is 0 Å². The molecule has 0 radical (unpaired) electrons. The van der Waals surface area contributed by atoms with E-state index < -0.39 is 24.3 Å². The van der Waals surface area contributed by atoms with E-state index in [-0.39, 0.29) is 38.6 Å². The highest BCUT2D eigenvalue weighted by atomic mass is 16.7. The maximum Gasteiger partial charge on any atom is 0.361 e. The quantitative estimate of drug-likeness (QED) is 0.0211. The lowest BCUT2D eigenvalue weighted by Gasteiger charge is -2.25. The number of hydrogen-bond donors (Lipinski definition) is 1. The van der Waals surface area contributed by atoms with Crippen LogP contribution in [-0.2, 0) is 33.3 Å². The van der Waals surface area contributed by atoms with Crippen molar-refractivity contribution in [2.75, 3.05) is 47.5 Å². The molecule has 2 unspecified atom stereocenters. The third kappa shape index (κ3) is 66.8. The zero-order valence-corrected chi connectivity index (χ0v) is 55.2. The SMILES string of the molecule is CC/C=C\C/C=C\C/C=C\C/C=C\C/C=C\C/C=C\C/C=C\CCCC(=O)OC(COC(=O)CCCCCCCCCCCCCCCCCCCCCCCCCC/C=C\C/C=C\C/C=C\C/C=C\CC)COC(OCC[N+](C)(C)C)C(=O)O. The molecule has 0 heterocycles. The fourth-order valence-corrected chi connectivity index (χ4v) is 9.23. The number of esters is 2. The van der Waals surface area contributed by atoms with E-state index in [2.05, 4.69) is 148 Å². The van der Waals surface area contributed by atoms with E-state index in [0.717, 1.165) is 89.9 Å². The Kier molecular flexibility index (Phi) is 61.9. The van der Waals surface area contributed by atoms with Gasteiger partial charge < -0.3 is 28.5 Å². The fraction of sp³-hybridized carbons (Fsp3) is 0.671. The number of aliphatic carboxylic acids is 1. The molecule has 0 saturated carbocycles. The Morgan fingerprint density at radius 3 is 0.976 bits per heavy atom. The first-order valence-electron chi connectivity index (χ1n) is 34.3. The molecule has 9 heteroatoms. The smallest absolute Gasteiger partial charge is 0.361 e. The van der Waals surface area contributed by atoms with Gasteiger partial charge in [-0.2, -0.15) is 0 Å². The molecule has 0 amide bonds. The molecule has 0 aromatic carbocycles. The second-order valence-electron chi connectivity index (χ2n) is 23.7. The number of rotatable bonds is 62. The average Bonchev–Trinajstić information content (AvgIpc) is 3.49. The number of allylic oxidation sites excluding steroid dienone is 22. The molecule has 0 spiro atoms. The molecule has 0 aliphatic heterocycles. The summed E-state index contributed by atoms with van der Waals surface area (Å²) < 4.78 is 22.9. The number of carboxylic acids is 1. The fourth-order valence-electron chi connectivity index (χ4n) is 9.23. The predicted octanol–water partition coefficient (Wildman–Crippen LogP) is 21.4. The lowest BCUT2D eigenvalue weighted by atomic mass is 10.0. The Labute approximate surface area is 522 Å². The van der Waals surface area contributed by atoms with Crippen LogP contribution in [0.3, 0.4) is 0 Å². The largest absolute Gasteiger partial charge is 0.477 e. The van der Waals surface area contributed by atoms with Crippen molar-refractivity contribution in [1.82, 2.24) is 0 Å². The van der Waals surface area contributed by atoms with E-state index in [1.807, 2.05) is 21.1 Å². The van der Waals surface area contributed by atoms with Crippen molar-refractivity contribution in [3.63, 3.8) is 0 Å². The van der Waals surface area contributed by atoms with Gasteiger partial charge in [-0.05, 0) is 103 Å². The van der Waals surface area contributed by atoms with Gasteiger partial charge in [-0.25, -0.2) is 4.79 Å². The van der Waals surface area contributed by atoms with Crippen molar-refractivity contribution in [3.8, 4) is 0 Å². The maximum absolute atomic E-state index is 12.9. The van der Waals surface area contributed by atoms with Crippen molar-refractivity contribution in [2.45, 2.75) is 283 Å². The van der Waals surface area contributed by atoms with Gasteiger partial charge in [0.2, 0.25) is 0 Å². The van der Waals surface area contributed by atoms with Gasteiger partial charge in [-0.15, -0.1) is 0 Å². The van der Waals surface area contributed by atoms with E-state index in [9.17, 15) is 19.5 Å². The molecule has 0 fully saturated rings. The van der Waals surface area contributed by atoms with Crippen LogP contribution in [0.15, 0.2) is 134 Å². The van der Waals surface area contributed by atoms with E-state index in [1.54, 1.807) is 0 Å². The van der Waals surface area contributed by atoms with Gasteiger partial charge in [-0.3, -0.25) is 9.59 Å². The number of carboxylic acid groups (broad SMARTS) is 1. The standard InChI is InChI=1S/C76H127NO8/c1-6-8-10-12-14-16-18-20-22-24-26-28-30-31-32-33-34-35-36-37-38-39-40-41-42-43-45-46-48-50-52-54-56-58-60-62-64-66-73(78)83-70-72(71-84-76(75(80)81)82-69-68-77(3,4)5)85-74(79)67-65-63-61-59-57-55-53-51-49-47-44-29-27-25-23-21-19-17-15-13-11-9-7-2/h8-11,14-17,20-23,26-29,47,49,53,55,59,61,72,76H,6-7,12-13,18-19,24-25,30-46,48,50-52,54,56-58,60,62-71H2,1-5H3/p+1/b10-8-,11-9-,16-14-,17-15-,22-20-,23-21-,28-26-,29-27-,49-47-,55-53-,61-59-. The molecule has 484 valence electrons. The molecule has 1 N–H and O–H groups in total. The first-order chi connectivity index (χ1) is 41.6. The highest BCUT2D eigenvalue weighted by Gasteiger charge is 2.25. The number of unbranched alkanes of at least 4 members (excludes halogenated alkanes) is 25. The molecular formula is C76H128NO8+. The van der Waals surface area contributed by atoms with Gasteiger partial charge in [-0.1, -0.05) is 289 Å². The summed E-state index contributed by atoms with van der Waals surface area (Å²) >= 11 is 0. The Bertz CT molecular complexity index is 1860. The number of carbonyl (C=O) groups is 3. The molecule has 85 heavy (non-hydrogen) atoms. The minimum atomic E-state index is -1.53. The van der Waals surface area contributed by atoms with Gasteiger partial charge in [0.25, 0.3) is 6.29 Å². The summed E-state index contributed by atoms with van der Waals surface area (Å²) in [7, 11) is 5.95. The Hall–Kier alpha value is -4.57. The topological polar surface area (TPSA) is 108 Å². The molecule has 9 nitrogen and oxygen atoms in total. The maximum atomic E-state index is 12.9. The number of quaternary nitrogens is 1.